The summed E-state index contributed by atoms with van der Waals surface area (Å²) in [5.41, 5.74) is 1.49. The smallest absolute Gasteiger partial charge is 0.374 e. The Morgan fingerprint density at radius 2 is 2.00 bits per heavy atom. The minimum Gasteiger partial charge on any atom is -0.463 e. The van der Waals surface area contributed by atoms with Crippen LogP contribution in [0.3, 0.4) is 0 Å². The van der Waals surface area contributed by atoms with E-state index in [0.717, 1.165) is 5.39 Å². The van der Waals surface area contributed by atoms with Gasteiger partial charge in [-0.05, 0) is 36.4 Å². The van der Waals surface area contributed by atoms with Crippen LogP contribution >= 0.6 is 11.6 Å². The van der Waals surface area contributed by atoms with Gasteiger partial charge in [0.25, 0.3) is 0 Å². The molecule has 3 rings (SSSR count). The first kappa shape index (κ1) is 16.0. The Morgan fingerprint density at radius 1 is 1.17 bits per heavy atom. The first-order valence-electron chi connectivity index (χ1n) is 6.96. The molecule has 0 aliphatic carbocycles. The molecule has 0 radical (unpaired) electrons. The average Bonchev–Trinajstić information content (AvgIpc) is 3.07. The first-order valence-corrected chi connectivity index (χ1v) is 7.34. The van der Waals surface area contributed by atoms with E-state index in [2.05, 4.69) is 9.72 Å². The van der Waals surface area contributed by atoms with Gasteiger partial charge in [0.2, 0.25) is 5.76 Å². The second kappa shape index (κ2) is 6.72. The molecule has 7 heteroatoms. The van der Waals surface area contributed by atoms with Crippen molar-refractivity contribution in [3.05, 3.63) is 64.7 Å². The van der Waals surface area contributed by atoms with Crippen LogP contribution in [0.1, 0.15) is 26.5 Å². The molecular formula is C17H12ClNO5. The van der Waals surface area contributed by atoms with Gasteiger partial charge in [-0.25, -0.2) is 14.6 Å². The largest absolute Gasteiger partial charge is 0.463 e. The topological polar surface area (TPSA) is 78.6 Å². The highest BCUT2D eigenvalue weighted by molar-refractivity contribution is 6.29. The van der Waals surface area contributed by atoms with Crippen LogP contribution in [0.5, 0.6) is 0 Å². The number of ether oxygens (including phenoxy) is 2. The molecule has 2 aromatic heterocycles. The lowest BCUT2D eigenvalue weighted by atomic mass is 10.1. The number of halogens is 1. The number of furan rings is 1. The number of fused-ring (bicyclic) bond motifs is 1. The molecule has 3 aromatic rings. The molecule has 122 valence electrons. The molecule has 0 fully saturated rings. The SMILES string of the molecule is COC(=O)c1occc1COC(=O)c1ccc2nc(Cl)ccc2c1. The van der Waals surface area contributed by atoms with E-state index in [9.17, 15) is 9.59 Å². The Morgan fingerprint density at radius 3 is 2.79 bits per heavy atom. The number of carbonyl (C=O) groups is 2. The Balaban J connectivity index is 1.75. The maximum Gasteiger partial charge on any atom is 0.374 e. The van der Waals surface area contributed by atoms with E-state index in [-0.39, 0.29) is 12.4 Å². The van der Waals surface area contributed by atoms with Crippen LogP contribution in [0, 0.1) is 0 Å². The molecule has 0 atom stereocenters. The number of esters is 2. The van der Waals surface area contributed by atoms with Gasteiger partial charge in [-0.1, -0.05) is 11.6 Å². The fourth-order valence-electron chi connectivity index (χ4n) is 2.18. The van der Waals surface area contributed by atoms with Crippen LogP contribution in [-0.4, -0.2) is 24.0 Å². The normalized spacial score (nSPS) is 10.6. The lowest BCUT2D eigenvalue weighted by Gasteiger charge is -2.06. The second-order valence-corrected chi connectivity index (χ2v) is 5.27. The minimum atomic E-state index is -0.625. The molecule has 0 saturated heterocycles. The highest BCUT2D eigenvalue weighted by Gasteiger charge is 2.17. The summed E-state index contributed by atoms with van der Waals surface area (Å²) in [6.45, 7) is -0.101. The molecule has 0 saturated carbocycles. The van der Waals surface area contributed by atoms with Gasteiger partial charge in [0.1, 0.15) is 11.8 Å². The van der Waals surface area contributed by atoms with E-state index in [1.807, 2.05) is 0 Å². The average molecular weight is 346 g/mol. The van der Waals surface area contributed by atoms with Crippen molar-refractivity contribution in [2.45, 2.75) is 6.61 Å². The minimum absolute atomic E-state index is 0.0163. The van der Waals surface area contributed by atoms with Crippen LogP contribution in [0.25, 0.3) is 10.9 Å². The zero-order valence-corrected chi connectivity index (χ0v) is 13.4. The Hall–Kier alpha value is -2.86. The van der Waals surface area contributed by atoms with E-state index in [4.69, 9.17) is 20.8 Å². The van der Waals surface area contributed by atoms with Crippen LogP contribution in [0.2, 0.25) is 5.15 Å². The van der Waals surface area contributed by atoms with E-state index in [1.165, 1.54) is 13.4 Å². The number of rotatable bonds is 4. The van der Waals surface area contributed by atoms with Crippen molar-refractivity contribution in [3.8, 4) is 0 Å². The molecule has 0 aliphatic heterocycles. The highest BCUT2D eigenvalue weighted by atomic mass is 35.5. The monoisotopic (exact) mass is 345 g/mol. The molecule has 6 nitrogen and oxygen atoms in total. The van der Waals surface area contributed by atoms with Crippen molar-refractivity contribution in [3.63, 3.8) is 0 Å². The fourth-order valence-corrected chi connectivity index (χ4v) is 2.33. The molecule has 0 amide bonds. The Labute approximate surface area is 141 Å². The molecular weight excluding hydrogens is 334 g/mol. The summed E-state index contributed by atoms with van der Waals surface area (Å²) < 4.78 is 14.9. The molecule has 0 aliphatic rings. The molecule has 0 spiro atoms. The third-order valence-corrected chi connectivity index (χ3v) is 3.58. The Kier molecular flexibility index (Phi) is 4.48. The van der Waals surface area contributed by atoms with Crippen molar-refractivity contribution in [2.75, 3.05) is 7.11 Å². The number of pyridine rings is 1. The van der Waals surface area contributed by atoms with Gasteiger partial charge >= 0.3 is 11.9 Å². The van der Waals surface area contributed by atoms with Crippen molar-refractivity contribution in [1.82, 2.24) is 4.98 Å². The number of methoxy groups -OCH3 is 1. The van der Waals surface area contributed by atoms with Crippen LogP contribution < -0.4 is 0 Å². The summed E-state index contributed by atoms with van der Waals surface area (Å²) in [7, 11) is 1.25. The molecule has 0 N–H and O–H groups in total. The third kappa shape index (κ3) is 3.23. The number of aromatic nitrogens is 1. The number of benzene rings is 1. The van der Waals surface area contributed by atoms with Gasteiger partial charge in [0.15, 0.2) is 0 Å². The molecule has 2 heterocycles. The fraction of sp³-hybridized carbons (Fsp3) is 0.118. The van der Waals surface area contributed by atoms with Crippen LogP contribution in [0.15, 0.2) is 47.1 Å². The maximum atomic E-state index is 12.2. The van der Waals surface area contributed by atoms with E-state index < -0.39 is 11.9 Å². The lowest BCUT2D eigenvalue weighted by Crippen LogP contribution is -2.08. The summed E-state index contributed by atoms with van der Waals surface area (Å²) in [6.07, 6.45) is 1.33. The van der Waals surface area contributed by atoms with Crippen LogP contribution in [0.4, 0.5) is 0 Å². The second-order valence-electron chi connectivity index (χ2n) is 4.88. The van der Waals surface area contributed by atoms with Gasteiger partial charge < -0.3 is 13.9 Å². The van der Waals surface area contributed by atoms with Crippen molar-refractivity contribution in [1.29, 1.82) is 0 Å². The first-order chi connectivity index (χ1) is 11.6. The van der Waals surface area contributed by atoms with Gasteiger partial charge in [0, 0.05) is 10.9 Å². The van der Waals surface area contributed by atoms with Gasteiger partial charge in [-0.2, -0.15) is 0 Å². The van der Waals surface area contributed by atoms with E-state index in [0.29, 0.717) is 21.8 Å². The lowest BCUT2D eigenvalue weighted by molar-refractivity contribution is 0.0454. The molecule has 1 aromatic carbocycles. The van der Waals surface area contributed by atoms with E-state index in [1.54, 1.807) is 36.4 Å². The standard InChI is InChI=1S/C17H12ClNO5/c1-22-17(21)15-12(6-7-23-15)9-24-16(20)11-2-4-13-10(8-11)3-5-14(18)19-13/h2-8H,9H2,1H3. The quantitative estimate of drug-likeness (QED) is 0.530. The van der Waals surface area contributed by atoms with Gasteiger partial charge in [0.05, 0.1) is 24.5 Å². The summed E-state index contributed by atoms with van der Waals surface area (Å²) in [5, 5.41) is 1.15. The molecule has 0 unspecified atom stereocenters. The number of hydrogen-bond acceptors (Lipinski definition) is 6. The summed E-state index contributed by atoms with van der Waals surface area (Å²) in [6, 6.07) is 9.92. The predicted molar refractivity (Wildman–Crippen MR) is 85.9 cm³/mol. The summed E-state index contributed by atoms with van der Waals surface area (Å²) in [5.74, 6) is -1.13. The highest BCUT2D eigenvalue weighted by Crippen LogP contribution is 2.19. The van der Waals surface area contributed by atoms with Crippen molar-refractivity contribution < 1.29 is 23.5 Å². The van der Waals surface area contributed by atoms with E-state index >= 15 is 0 Å². The molecule has 24 heavy (non-hydrogen) atoms. The summed E-state index contributed by atoms with van der Waals surface area (Å²) in [4.78, 5) is 27.8. The number of carbonyl (C=O) groups excluding carboxylic acids is 2. The Bertz CT molecular complexity index is 918. The van der Waals surface area contributed by atoms with Gasteiger partial charge in [-0.15, -0.1) is 0 Å². The molecule has 0 bridgehead atoms. The third-order valence-electron chi connectivity index (χ3n) is 3.37. The number of nitrogens with zero attached hydrogens (tertiary/aromatic N) is 1. The van der Waals surface area contributed by atoms with Gasteiger partial charge in [-0.3, -0.25) is 0 Å². The summed E-state index contributed by atoms with van der Waals surface area (Å²) >= 11 is 5.83. The number of hydrogen-bond donors (Lipinski definition) is 0. The van der Waals surface area contributed by atoms with Crippen molar-refractivity contribution >= 4 is 34.4 Å². The predicted octanol–water partition coefficient (Wildman–Crippen LogP) is 3.62. The zero-order valence-electron chi connectivity index (χ0n) is 12.6. The maximum absolute atomic E-state index is 12.2. The van der Waals surface area contributed by atoms with Crippen LogP contribution in [-0.2, 0) is 16.1 Å². The zero-order chi connectivity index (χ0) is 17.1. The van der Waals surface area contributed by atoms with Crippen molar-refractivity contribution in [2.24, 2.45) is 0 Å².